The zero-order chi connectivity index (χ0) is 24.2. The van der Waals surface area contributed by atoms with Crippen molar-refractivity contribution in [1.82, 2.24) is 14.7 Å². The number of nitrogens with zero attached hydrogens (tertiary/aromatic N) is 3. The van der Waals surface area contributed by atoms with Gasteiger partial charge in [0.2, 0.25) is 0 Å². The topological polar surface area (TPSA) is 100.0 Å². The molecule has 4 rings (SSSR count). The number of rotatable bonds is 6. The van der Waals surface area contributed by atoms with Crippen LogP contribution in [0.1, 0.15) is 30.3 Å². The molecule has 0 saturated carbocycles. The number of amides is 1. The number of piperidine rings is 1. The molecule has 3 aromatic rings. The number of methoxy groups -OCH3 is 2. The van der Waals surface area contributed by atoms with Crippen molar-refractivity contribution in [3.05, 3.63) is 58.5 Å². The number of carbonyl (C=O) groups excluding carboxylic acids is 2. The first-order chi connectivity index (χ1) is 16.5. The molecule has 0 N–H and O–H groups in total. The average molecular weight is 466 g/mol. The Morgan fingerprint density at radius 2 is 1.74 bits per heavy atom. The van der Waals surface area contributed by atoms with Gasteiger partial charge in [0, 0.05) is 36.7 Å². The fourth-order valence-electron chi connectivity index (χ4n) is 4.20. The standard InChI is InChI=1S/C25H27N3O6/c1-4-34-25(31)16-8-7-11-27(15-16)24(30)22-20-9-5-6-10-21(20)23(29)28(26-22)17-12-18(32-2)14-19(13-17)33-3/h5-6,9-10,12-14,16H,4,7-8,11,15H2,1-3H3. The number of esters is 1. The lowest BCUT2D eigenvalue weighted by molar-refractivity contribution is -0.149. The summed E-state index contributed by atoms with van der Waals surface area (Å²) in [5.74, 6) is -0.0488. The Balaban J connectivity index is 1.81. The van der Waals surface area contributed by atoms with Crippen molar-refractivity contribution in [2.45, 2.75) is 19.8 Å². The zero-order valence-corrected chi connectivity index (χ0v) is 19.4. The molecule has 1 unspecified atom stereocenters. The first-order valence-electron chi connectivity index (χ1n) is 11.2. The summed E-state index contributed by atoms with van der Waals surface area (Å²) >= 11 is 0. The Bertz CT molecular complexity index is 1260. The van der Waals surface area contributed by atoms with Gasteiger partial charge in [-0.05, 0) is 25.8 Å². The predicted molar refractivity (Wildman–Crippen MR) is 126 cm³/mol. The summed E-state index contributed by atoms with van der Waals surface area (Å²) in [4.78, 5) is 40.8. The maximum absolute atomic E-state index is 13.6. The second-order valence-electron chi connectivity index (χ2n) is 8.02. The van der Waals surface area contributed by atoms with Crippen molar-refractivity contribution < 1.29 is 23.8 Å². The maximum atomic E-state index is 13.6. The number of likely N-dealkylation sites (tertiary alicyclic amines) is 1. The van der Waals surface area contributed by atoms with Gasteiger partial charge in [0.05, 0.1) is 37.8 Å². The van der Waals surface area contributed by atoms with Crippen LogP contribution in [0, 0.1) is 5.92 Å². The van der Waals surface area contributed by atoms with E-state index in [0.717, 1.165) is 0 Å². The van der Waals surface area contributed by atoms with Crippen molar-refractivity contribution in [1.29, 1.82) is 0 Å². The third-order valence-electron chi connectivity index (χ3n) is 5.92. The number of benzene rings is 2. The molecule has 1 amide bonds. The minimum atomic E-state index is -0.377. The highest BCUT2D eigenvalue weighted by Gasteiger charge is 2.31. The maximum Gasteiger partial charge on any atom is 0.310 e. The minimum absolute atomic E-state index is 0.140. The Labute approximate surface area is 196 Å². The molecule has 9 nitrogen and oxygen atoms in total. The van der Waals surface area contributed by atoms with E-state index in [2.05, 4.69) is 5.10 Å². The van der Waals surface area contributed by atoms with Crippen LogP contribution in [0.2, 0.25) is 0 Å². The van der Waals surface area contributed by atoms with Crippen molar-refractivity contribution in [2.75, 3.05) is 33.9 Å². The third kappa shape index (κ3) is 4.46. The fraction of sp³-hybridized carbons (Fsp3) is 0.360. The summed E-state index contributed by atoms with van der Waals surface area (Å²) in [6.07, 6.45) is 1.35. The van der Waals surface area contributed by atoms with Gasteiger partial charge in [0.15, 0.2) is 5.69 Å². The molecule has 1 aliphatic rings. The van der Waals surface area contributed by atoms with E-state index in [4.69, 9.17) is 14.2 Å². The van der Waals surface area contributed by atoms with E-state index >= 15 is 0 Å². The molecular formula is C25H27N3O6. The Morgan fingerprint density at radius 1 is 1.06 bits per heavy atom. The number of fused-ring (bicyclic) bond motifs is 1. The van der Waals surface area contributed by atoms with E-state index in [0.29, 0.717) is 54.0 Å². The average Bonchev–Trinajstić information content (AvgIpc) is 2.88. The number of ether oxygens (including phenoxy) is 3. The van der Waals surface area contributed by atoms with E-state index in [9.17, 15) is 14.4 Å². The second-order valence-corrected chi connectivity index (χ2v) is 8.02. The Kier molecular flexibility index (Phi) is 6.81. The highest BCUT2D eigenvalue weighted by atomic mass is 16.5. The highest BCUT2D eigenvalue weighted by Crippen LogP contribution is 2.26. The SMILES string of the molecule is CCOC(=O)C1CCCN(C(=O)c2nn(-c3cc(OC)cc(OC)c3)c(=O)c3ccccc23)C1. The van der Waals surface area contributed by atoms with Gasteiger partial charge in [0.1, 0.15) is 11.5 Å². The summed E-state index contributed by atoms with van der Waals surface area (Å²) < 4.78 is 17.0. The fourth-order valence-corrected chi connectivity index (χ4v) is 4.20. The lowest BCUT2D eigenvalue weighted by Gasteiger charge is -2.31. The van der Waals surface area contributed by atoms with Crippen molar-refractivity contribution in [3.8, 4) is 17.2 Å². The lowest BCUT2D eigenvalue weighted by atomic mass is 9.97. The first-order valence-corrected chi connectivity index (χ1v) is 11.2. The number of carbonyl (C=O) groups is 2. The van der Waals surface area contributed by atoms with Crippen LogP contribution in [-0.2, 0) is 9.53 Å². The number of hydrogen-bond donors (Lipinski definition) is 0. The van der Waals surface area contributed by atoms with E-state index in [1.165, 1.54) is 18.9 Å². The molecule has 34 heavy (non-hydrogen) atoms. The molecule has 0 bridgehead atoms. The number of aromatic nitrogens is 2. The van der Waals surface area contributed by atoms with Gasteiger partial charge in [-0.1, -0.05) is 18.2 Å². The Morgan fingerprint density at radius 3 is 2.38 bits per heavy atom. The van der Waals surface area contributed by atoms with Crippen LogP contribution in [-0.4, -0.2) is 60.5 Å². The molecule has 178 valence electrons. The molecule has 0 spiro atoms. The van der Waals surface area contributed by atoms with E-state index in [1.54, 1.807) is 54.3 Å². The molecule has 9 heteroatoms. The van der Waals surface area contributed by atoms with Crippen molar-refractivity contribution in [2.24, 2.45) is 5.92 Å². The van der Waals surface area contributed by atoms with E-state index in [1.807, 2.05) is 0 Å². The molecule has 0 radical (unpaired) electrons. The van der Waals surface area contributed by atoms with Crippen LogP contribution < -0.4 is 15.0 Å². The quantitative estimate of drug-likeness (QED) is 0.516. The third-order valence-corrected chi connectivity index (χ3v) is 5.92. The lowest BCUT2D eigenvalue weighted by Crippen LogP contribution is -2.43. The van der Waals surface area contributed by atoms with Gasteiger partial charge in [-0.2, -0.15) is 9.78 Å². The van der Waals surface area contributed by atoms with Gasteiger partial charge in [-0.3, -0.25) is 14.4 Å². The first kappa shape index (κ1) is 23.3. The summed E-state index contributed by atoms with van der Waals surface area (Å²) in [6.45, 7) is 2.80. The van der Waals surface area contributed by atoms with Crippen LogP contribution in [0.25, 0.3) is 16.5 Å². The molecular weight excluding hydrogens is 438 g/mol. The van der Waals surface area contributed by atoms with Gasteiger partial charge in [0.25, 0.3) is 11.5 Å². The van der Waals surface area contributed by atoms with Gasteiger partial charge in [-0.15, -0.1) is 0 Å². The highest BCUT2D eigenvalue weighted by molar-refractivity contribution is 6.05. The molecule has 2 heterocycles. The zero-order valence-electron chi connectivity index (χ0n) is 19.4. The van der Waals surface area contributed by atoms with Gasteiger partial charge in [-0.25, -0.2) is 0 Å². The molecule has 0 aliphatic carbocycles. The summed E-state index contributed by atoms with van der Waals surface area (Å²) in [7, 11) is 3.03. The minimum Gasteiger partial charge on any atom is -0.497 e. The monoisotopic (exact) mass is 465 g/mol. The molecule has 1 saturated heterocycles. The smallest absolute Gasteiger partial charge is 0.310 e. The molecule has 1 aliphatic heterocycles. The van der Waals surface area contributed by atoms with Crippen LogP contribution in [0.4, 0.5) is 0 Å². The van der Waals surface area contributed by atoms with Crippen LogP contribution in [0.15, 0.2) is 47.3 Å². The second kappa shape index (κ2) is 9.94. The molecule has 2 aromatic carbocycles. The predicted octanol–water partition coefficient (Wildman–Crippen LogP) is 2.82. The van der Waals surface area contributed by atoms with Gasteiger partial charge >= 0.3 is 5.97 Å². The van der Waals surface area contributed by atoms with Crippen LogP contribution >= 0.6 is 0 Å². The summed E-state index contributed by atoms with van der Waals surface area (Å²) in [5, 5.41) is 5.31. The van der Waals surface area contributed by atoms with E-state index < -0.39 is 0 Å². The van der Waals surface area contributed by atoms with E-state index in [-0.39, 0.29) is 35.6 Å². The largest absolute Gasteiger partial charge is 0.497 e. The molecule has 1 aromatic heterocycles. The summed E-state index contributed by atoms with van der Waals surface area (Å²) in [5.41, 5.74) is 0.177. The number of hydrogen-bond acceptors (Lipinski definition) is 7. The normalized spacial score (nSPS) is 15.7. The van der Waals surface area contributed by atoms with Crippen LogP contribution in [0.3, 0.4) is 0 Å². The van der Waals surface area contributed by atoms with Gasteiger partial charge < -0.3 is 19.1 Å². The van der Waals surface area contributed by atoms with Crippen molar-refractivity contribution in [3.63, 3.8) is 0 Å². The van der Waals surface area contributed by atoms with Crippen molar-refractivity contribution >= 4 is 22.6 Å². The molecule has 1 atom stereocenters. The Hall–Kier alpha value is -3.88. The van der Waals surface area contributed by atoms with Crippen LogP contribution in [0.5, 0.6) is 11.5 Å². The molecule has 1 fully saturated rings. The summed E-state index contributed by atoms with van der Waals surface area (Å²) in [6, 6.07) is 11.9.